The van der Waals surface area contributed by atoms with E-state index in [0.29, 0.717) is 0 Å². The predicted octanol–water partition coefficient (Wildman–Crippen LogP) is 1.31. The van der Waals surface area contributed by atoms with E-state index >= 15 is 0 Å². The van der Waals surface area contributed by atoms with Gasteiger partial charge in [-0.1, -0.05) is 11.2 Å². The Hall–Kier alpha value is -2.41. The maximum Gasteiger partial charge on any atom is 0.193 e. The third-order valence-corrected chi connectivity index (χ3v) is 4.43. The van der Waals surface area contributed by atoms with Gasteiger partial charge in [0.05, 0.1) is 5.69 Å². The number of rotatable bonds is 5. The molecule has 25 heavy (non-hydrogen) atoms. The van der Waals surface area contributed by atoms with E-state index < -0.39 is 0 Å². The number of aromatic nitrogens is 2. The molecule has 0 saturated carbocycles. The summed E-state index contributed by atoms with van der Waals surface area (Å²) in [5.74, 6) is 0.973. The SMILES string of the molecule is CN=C(NCCc1ccc(C)nc1)N1CCN(Cc2ccon2)CC1. The fourth-order valence-electron chi connectivity index (χ4n) is 2.96. The van der Waals surface area contributed by atoms with Crippen LogP contribution in [0.1, 0.15) is 17.0 Å². The number of pyridine rings is 1. The Labute approximate surface area is 148 Å². The van der Waals surface area contributed by atoms with Crippen molar-refractivity contribution in [1.29, 1.82) is 0 Å². The number of hydrogen-bond acceptors (Lipinski definition) is 5. The molecule has 134 valence electrons. The third kappa shape index (κ3) is 5.03. The van der Waals surface area contributed by atoms with Crippen LogP contribution in [0.5, 0.6) is 0 Å². The van der Waals surface area contributed by atoms with Crippen molar-refractivity contribution in [3.8, 4) is 0 Å². The Bertz CT molecular complexity index is 659. The maximum atomic E-state index is 4.90. The molecule has 0 amide bonds. The first-order valence-corrected chi connectivity index (χ1v) is 8.73. The summed E-state index contributed by atoms with van der Waals surface area (Å²) in [5.41, 5.74) is 3.28. The molecule has 1 aliphatic heterocycles. The molecule has 7 nitrogen and oxygen atoms in total. The van der Waals surface area contributed by atoms with Gasteiger partial charge < -0.3 is 14.7 Å². The van der Waals surface area contributed by atoms with Crippen molar-refractivity contribution >= 4 is 5.96 Å². The fraction of sp³-hybridized carbons (Fsp3) is 0.500. The first-order valence-electron chi connectivity index (χ1n) is 8.73. The molecule has 1 saturated heterocycles. The molecule has 1 aliphatic rings. The zero-order valence-corrected chi connectivity index (χ0v) is 15.0. The van der Waals surface area contributed by atoms with Gasteiger partial charge in [-0.3, -0.25) is 14.9 Å². The average Bonchev–Trinajstić information content (AvgIpc) is 3.14. The van der Waals surface area contributed by atoms with Crippen LogP contribution in [0.25, 0.3) is 0 Å². The molecule has 7 heteroatoms. The van der Waals surface area contributed by atoms with E-state index in [1.807, 2.05) is 26.2 Å². The summed E-state index contributed by atoms with van der Waals surface area (Å²) < 4.78 is 4.90. The highest BCUT2D eigenvalue weighted by molar-refractivity contribution is 5.80. The largest absolute Gasteiger partial charge is 0.364 e. The third-order valence-electron chi connectivity index (χ3n) is 4.43. The Balaban J connectivity index is 1.42. The fourth-order valence-corrected chi connectivity index (χ4v) is 2.96. The highest BCUT2D eigenvalue weighted by atomic mass is 16.5. The molecule has 0 atom stereocenters. The van der Waals surface area contributed by atoms with Gasteiger partial charge in [0.25, 0.3) is 0 Å². The van der Waals surface area contributed by atoms with Gasteiger partial charge in [0.1, 0.15) is 6.26 Å². The first-order chi connectivity index (χ1) is 12.2. The van der Waals surface area contributed by atoms with Crippen LogP contribution in [0.2, 0.25) is 0 Å². The molecule has 3 rings (SSSR count). The quantitative estimate of drug-likeness (QED) is 0.653. The number of hydrogen-bond donors (Lipinski definition) is 1. The van der Waals surface area contributed by atoms with Gasteiger partial charge in [0, 0.05) is 64.3 Å². The summed E-state index contributed by atoms with van der Waals surface area (Å²) in [6.07, 6.45) is 4.52. The van der Waals surface area contributed by atoms with Crippen molar-refractivity contribution in [2.75, 3.05) is 39.8 Å². The van der Waals surface area contributed by atoms with E-state index in [1.54, 1.807) is 6.26 Å². The maximum absolute atomic E-state index is 4.90. The van der Waals surface area contributed by atoms with Gasteiger partial charge in [-0.15, -0.1) is 0 Å². The van der Waals surface area contributed by atoms with E-state index in [1.165, 1.54) is 5.56 Å². The van der Waals surface area contributed by atoms with E-state index in [-0.39, 0.29) is 0 Å². The van der Waals surface area contributed by atoms with Gasteiger partial charge in [-0.05, 0) is 25.0 Å². The predicted molar refractivity (Wildman–Crippen MR) is 97.4 cm³/mol. The first kappa shape index (κ1) is 17.4. The monoisotopic (exact) mass is 342 g/mol. The minimum atomic E-state index is 0.844. The molecule has 0 spiro atoms. The Morgan fingerprint density at radius 3 is 2.72 bits per heavy atom. The average molecular weight is 342 g/mol. The number of piperazine rings is 1. The zero-order chi connectivity index (χ0) is 17.5. The zero-order valence-electron chi connectivity index (χ0n) is 15.0. The van der Waals surface area contributed by atoms with Crippen LogP contribution in [-0.4, -0.2) is 65.7 Å². The van der Waals surface area contributed by atoms with E-state index in [4.69, 9.17) is 4.52 Å². The van der Waals surface area contributed by atoms with Crippen molar-refractivity contribution in [2.45, 2.75) is 19.9 Å². The lowest BCUT2D eigenvalue weighted by Crippen LogP contribution is -2.52. The minimum absolute atomic E-state index is 0.844. The second kappa shape index (κ2) is 8.62. The van der Waals surface area contributed by atoms with E-state index in [0.717, 1.165) is 63.0 Å². The minimum Gasteiger partial charge on any atom is -0.364 e. The van der Waals surface area contributed by atoms with Gasteiger partial charge >= 0.3 is 0 Å². The van der Waals surface area contributed by atoms with E-state index in [2.05, 4.69) is 42.4 Å². The van der Waals surface area contributed by atoms with Crippen molar-refractivity contribution in [1.82, 2.24) is 25.3 Å². The smallest absolute Gasteiger partial charge is 0.193 e. The number of nitrogens with one attached hydrogen (secondary N) is 1. The van der Waals surface area contributed by atoms with Crippen molar-refractivity contribution in [3.05, 3.63) is 47.6 Å². The van der Waals surface area contributed by atoms with Crippen LogP contribution < -0.4 is 5.32 Å². The molecule has 0 radical (unpaired) electrons. The van der Waals surface area contributed by atoms with Crippen molar-refractivity contribution in [3.63, 3.8) is 0 Å². The van der Waals surface area contributed by atoms with Crippen molar-refractivity contribution in [2.24, 2.45) is 4.99 Å². The second-order valence-corrected chi connectivity index (χ2v) is 6.29. The highest BCUT2D eigenvalue weighted by Crippen LogP contribution is 2.07. The highest BCUT2D eigenvalue weighted by Gasteiger charge is 2.20. The van der Waals surface area contributed by atoms with Crippen LogP contribution in [0.4, 0.5) is 0 Å². The number of nitrogens with zero attached hydrogens (tertiary/aromatic N) is 5. The number of aryl methyl sites for hydroxylation is 1. The van der Waals surface area contributed by atoms with Crippen LogP contribution in [-0.2, 0) is 13.0 Å². The number of aliphatic imine (C=N–C) groups is 1. The summed E-state index contributed by atoms with van der Waals surface area (Å²) in [4.78, 5) is 13.5. The lowest BCUT2D eigenvalue weighted by atomic mass is 10.2. The molecular weight excluding hydrogens is 316 g/mol. The molecule has 0 unspecified atom stereocenters. The van der Waals surface area contributed by atoms with Gasteiger partial charge in [0.15, 0.2) is 5.96 Å². The number of guanidine groups is 1. The molecule has 0 aromatic carbocycles. The molecule has 2 aromatic heterocycles. The molecular formula is C18H26N6O. The summed E-state index contributed by atoms with van der Waals surface area (Å²) >= 11 is 0. The topological polar surface area (TPSA) is 69.8 Å². The van der Waals surface area contributed by atoms with Crippen LogP contribution in [0.3, 0.4) is 0 Å². The molecule has 1 N–H and O–H groups in total. The summed E-state index contributed by atoms with van der Waals surface area (Å²) in [5, 5.41) is 7.45. The van der Waals surface area contributed by atoms with Gasteiger partial charge in [0.2, 0.25) is 0 Å². The molecule has 1 fully saturated rings. The molecule has 2 aromatic rings. The summed E-state index contributed by atoms with van der Waals surface area (Å²) in [6, 6.07) is 6.11. The molecule has 0 bridgehead atoms. The van der Waals surface area contributed by atoms with E-state index in [9.17, 15) is 0 Å². The Morgan fingerprint density at radius 1 is 1.24 bits per heavy atom. The summed E-state index contributed by atoms with van der Waals surface area (Å²) in [7, 11) is 1.84. The summed E-state index contributed by atoms with van der Waals surface area (Å²) in [6.45, 7) is 7.62. The molecule has 3 heterocycles. The van der Waals surface area contributed by atoms with Crippen molar-refractivity contribution < 1.29 is 4.52 Å². The Kier molecular flexibility index (Phi) is 6.00. The second-order valence-electron chi connectivity index (χ2n) is 6.29. The van der Waals surface area contributed by atoms with Crippen LogP contribution >= 0.6 is 0 Å². The normalized spacial score (nSPS) is 16.2. The standard InChI is InChI=1S/C18H26N6O/c1-15-3-4-16(13-21-15)5-7-20-18(19-2)24-10-8-23(9-11-24)14-17-6-12-25-22-17/h3-4,6,12-13H,5,7-11,14H2,1-2H3,(H,19,20). The molecule has 0 aliphatic carbocycles. The van der Waals surface area contributed by atoms with Gasteiger partial charge in [-0.2, -0.15) is 0 Å². The van der Waals surface area contributed by atoms with Crippen LogP contribution in [0.15, 0.2) is 40.2 Å². The lowest BCUT2D eigenvalue weighted by molar-refractivity contribution is 0.169. The van der Waals surface area contributed by atoms with Gasteiger partial charge in [-0.25, -0.2) is 0 Å². The van der Waals surface area contributed by atoms with Crippen LogP contribution in [0, 0.1) is 6.92 Å². The Morgan fingerprint density at radius 2 is 2.08 bits per heavy atom. The lowest BCUT2D eigenvalue weighted by Gasteiger charge is -2.36.